The molecule has 2 heterocycles. The molecule has 6 nitrogen and oxygen atoms in total. The number of phenolic OH excluding ortho intramolecular Hbond substituents is 1. The molecule has 172 valence electrons. The number of rotatable bonds is 3. The van der Waals surface area contributed by atoms with Crippen molar-refractivity contribution in [1.82, 2.24) is 15.0 Å². The molecule has 0 aliphatic carbocycles. The summed E-state index contributed by atoms with van der Waals surface area (Å²) in [5.74, 6) is 0.847. The Morgan fingerprint density at radius 3 is 2.11 bits per heavy atom. The summed E-state index contributed by atoms with van der Waals surface area (Å²) in [6.07, 6.45) is 0. The van der Waals surface area contributed by atoms with Gasteiger partial charge in [0.2, 0.25) is 0 Å². The van der Waals surface area contributed by atoms with Gasteiger partial charge in [0.15, 0.2) is 11.6 Å². The average molecular weight is 470 g/mol. The van der Waals surface area contributed by atoms with E-state index in [-0.39, 0.29) is 11.8 Å². The van der Waals surface area contributed by atoms with Crippen LogP contribution in [0.1, 0.15) is 0 Å². The van der Waals surface area contributed by atoms with Crippen LogP contribution in [0.5, 0.6) is 11.8 Å². The third kappa shape index (κ3) is 3.01. The largest absolute Gasteiger partial charge is 0.507 e. The molecule has 0 saturated heterocycles. The third-order valence-corrected chi connectivity index (χ3v) is 6.55. The molecule has 0 spiro atoms. The highest BCUT2D eigenvalue weighted by Crippen LogP contribution is 2.42. The molecule has 36 heavy (non-hydrogen) atoms. The second kappa shape index (κ2) is 7.78. The lowest BCUT2D eigenvalue weighted by Crippen LogP contribution is -2.01. The van der Waals surface area contributed by atoms with Crippen LogP contribution in [0.25, 0.3) is 66.3 Å². The molecule has 5 aromatic carbocycles. The van der Waals surface area contributed by atoms with E-state index in [0.717, 1.165) is 49.0 Å². The van der Waals surface area contributed by atoms with Crippen molar-refractivity contribution in [2.75, 3.05) is 7.11 Å². The van der Waals surface area contributed by atoms with Gasteiger partial charge in [-0.05, 0) is 45.8 Å². The Morgan fingerprint density at radius 1 is 0.639 bits per heavy atom. The fourth-order valence-electron chi connectivity index (χ4n) is 4.94. The Morgan fingerprint density at radius 2 is 1.31 bits per heavy atom. The number of aromatic nitrogens is 3. The Hall–Kier alpha value is -4.97. The molecule has 0 unspecified atom stereocenters. The number of para-hydroxylation sites is 1. The molecule has 6 heteroatoms. The van der Waals surface area contributed by atoms with Gasteiger partial charge in [0.05, 0.1) is 12.7 Å². The molecule has 2 aromatic heterocycles. The number of fused-ring (bicyclic) bond motifs is 7. The normalized spacial score (nSPS) is 11.6. The highest BCUT2D eigenvalue weighted by Gasteiger charge is 2.20. The molecule has 0 aliphatic rings. The number of ether oxygens (including phenoxy) is 1. The number of methoxy groups -OCH3 is 1. The Bertz CT molecular complexity index is 1960. The number of hydrogen-bond acceptors (Lipinski definition) is 6. The van der Waals surface area contributed by atoms with Gasteiger partial charge in [0, 0.05) is 16.3 Å². The van der Waals surface area contributed by atoms with E-state index in [1.54, 1.807) is 18.2 Å². The number of aromatic hydroxyl groups is 1. The fourth-order valence-corrected chi connectivity index (χ4v) is 4.94. The minimum atomic E-state index is 0.0844. The van der Waals surface area contributed by atoms with E-state index in [0.29, 0.717) is 17.2 Å². The van der Waals surface area contributed by atoms with Crippen LogP contribution >= 0.6 is 0 Å². The zero-order valence-electron chi connectivity index (χ0n) is 19.3. The van der Waals surface area contributed by atoms with Crippen LogP contribution in [-0.2, 0) is 0 Å². The number of phenols is 1. The maximum absolute atomic E-state index is 10.4. The number of furan rings is 1. The first-order valence-electron chi connectivity index (χ1n) is 11.6. The van der Waals surface area contributed by atoms with E-state index >= 15 is 0 Å². The van der Waals surface area contributed by atoms with Crippen molar-refractivity contribution in [3.8, 4) is 34.5 Å². The summed E-state index contributed by atoms with van der Waals surface area (Å²) in [6, 6.07) is 29.7. The molecule has 0 aliphatic heterocycles. The Labute approximate surface area is 205 Å². The lowest BCUT2D eigenvalue weighted by atomic mass is 9.96. The van der Waals surface area contributed by atoms with Gasteiger partial charge in [-0.3, -0.25) is 0 Å². The van der Waals surface area contributed by atoms with Crippen LogP contribution in [0.3, 0.4) is 0 Å². The van der Waals surface area contributed by atoms with Gasteiger partial charge in [0.25, 0.3) is 0 Å². The topological polar surface area (TPSA) is 81.3 Å². The van der Waals surface area contributed by atoms with E-state index < -0.39 is 0 Å². The van der Waals surface area contributed by atoms with Gasteiger partial charge < -0.3 is 14.3 Å². The number of nitrogens with zero attached hydrogens (tertiary/aromatic N) is 3. The summed E-state index contributed by atoms with van der Waals surface area (Å²) in [6.45, 7) is 0. The summed E-state index contributed by atoms with van der Waals surface area (Å²) in [7, 11) is 1.51. The Balaban J connectivity index is 1.58. The van der Waals surface area contributed by atoms with E-state index in [1.807, 2.05) is 36.4 Å². The van der Waals surface area contributed by atoms with E-state index in [1.165, 1.54) is 7.11 Å². The molecular weight excluding hydrogens is 450 g/mol. The first-order chi connectivity index (χ1) is 17.7. The second-order valence-corrected chi connectivity index (χ2v) is 8.59. The fraction of sp³-hybridized carbons (Fsp3) is 0.0333. The summed E-state index contributed by atoms with van der Waals surface area (Å²) < 4.78 is 11.8. The predicted molar refractivity (Wildman–Crippen MR) is 141 cm³/mol. The highest BCUT2D eigenvalue weighted by molar-refractivity contribution is 6.28. The maximum Gasteiger partial charge on any atom is 0.320 e. The zero-order chi connectivity index (χ0) is 24.2. The molecular formula is C30H19N3O3. The number of benzene rings is 5. The first kappa shape index (κ1) is 20.4. The molecule has 7 rings (SSSR count). The molecule has 0 bridgehead atoms. The second-order valence-electron chi connectivity index (χ2n) is 8.59. The van der Waals surface area contributed by atoms with Crippen molar-refractivity contribution in [1.29, 1.82) is 0 Å². The molecule has 7 aromatic rings. The minimum absolute atomic E-state index is 0.0844. The summed E-state index contributed by atoms with van der Waals surface area (Å²) in [5, 5.41) is 16.9. The van der Waals surface area contributed by atoms with Crippen molar-refractivity contribution in [3.63, 3.8) is 0 Å². The van der Waals surface area contributed by atoms with Crippen LogP contribution in [-0.4, -0.2) is 27.2 Å². The summed E-state index contributed by atoms with van der Waals surface area (Å²) in [4.78, 5) is 13.7. The summed E-state index contributed by atoms with van der Waals surface area (Å²) in [5.41, 5.74) is 2.87. The van der Waals surface area contributed by atoms with Crippen LogP contribution in [0, 0.1) is 0 Å². The van der Waals surface area contributed by atoms with Crippen molar-refractivity contribution in [3.05, 3.63) is 91.0 Å². The van der Waals surface area contributed by atoms with Crippen molar-refractivity contribution in [2.45, 2.75) is 0 Å². The maximum atomic E-state index is 10.4. The smallest absolute Gasteiger partial charge is 0.320 e. The number of hydrogen-bond donors (Lipinski definition) is 1. The van der Waals surface area contributed by atoms with Crippen molar-refractivity contribution < 1.29 is 14.3 Å². The van der Waals surface area contributed by atoms with Crippen molar-refractivity contribution in [2.24, 2.45) is 0 Å². The molecule has 0 saturated carbocycles. The standard InChI is InChI=1S/C30H19N3O3/c1-35-30-32-28(21-12-6-7-13-23(21)34)31-29(33-30)22-16-25-27(20-11-5-4-10-19(20)22)26-18-9-3-2-8-17(18)14-15-24(26)36-25/h2-16,34H,1H3. The van der Waals surface area contributed by atoms with E-state index in [2.05, 4.69) is 46.4 Å². The molecule has 0 radical (unpaired) electrons. The van der Waals surface area contributed by atoms with Gasteiger partial charge in [0.1, 0.15) is 16.9 Å². The highest BCUT2D eigenvalue weighted by atomic mass is 16.5. The quantitative estimate of drug-likeness (QED) is 0.297. The van der Waals surface area contributed by atoms with Crippen LogP contribution in [0.4, 0.5) is 0 Å². The molecule has 1 N–H and O–H groups in total. The lowest BCUT2D eigenvalue weighted by Gasteiger charge is -2.10. The average Bonchev–Trinajstić information content (AvgIpc) is 3.32. The SMILES string of the molecule is COc1nc(-c2ccccc2O)nc(-c2cc3oc4ccc5ccccc5c4c3c3ccccc23)n1. The predicted octanol–water partition coefficient (Wildman–Crippen LogP) is 7.13. The third-order valence-electron chi connectivity index (χ3n) is 6.55. The molecule has 0 amide bonds. The van der Waals surface area contributed by atoms with Gasteiger partial charge in [-0.1, -0.05) is 66.7 Å². The minimum Gasteiger partial charge on any atom is -0.507 e. The first-order valence-corrected chi connectivity index (χ1v) is 11.6. The lowest BCUT2D eigenvalue weighted by molar-refractivity contribution is 0.379. The van der Waals surface area contributed by atoms with Gasteiger partial charge in [-0.15, -0.1) is 0 Å². The van der Waals surface area contributed by atoms with E-state index in [4.69, 9.17) is 14.1 Å². The monoisotopic (exact) mass is 469 g/mol. The van der Waals surface area contributed by atoms with Crippen LogP contribution in [0.2, 0.25) is 0 Å². The van der Waals surface area contributed by atoms with Gasteiger partial charge in [-0.2, -0.15) is 9.97 Å². The molecule has 0 atom stereocenters. The molecule has 0 fully saturated rings. The Kier molecular flexibility index (Phi) is 4.41. The zero-order valence-corrected chi connectivity index (χ0v) is 19.3. The van der Waals surface area contributed by atoms with E-state index in [9.17, 15) is 5.11 Å². The summed E-state index contributed by atoms with van der Waals surface area (Å²) >= 11 is 0. The van der Waals surface area contributed by atoms with Crippen molar-refractivity contribution >= 4 is 43.5 Å². The van der Waals surface area contributed by atoms with Crippen LogP contribution < -0.4 is 4.74 Å². The van der Waals surface area contributed by atoms with Crippen LogP contribution in [0.15, 0.2) is 95.4 Å². The van der Waals surface area contributed by atoms with Gasteiger partial charge in [-0.25, -0.2) is 4.98 Å². The van der Waals surface area contributed by atoms with Gasteiger partial charge >= 0.3 is 6.01 Å².